The van der Waals surface area contributed by atoms with Gasteiger partial charge in [-0.1, -0.05) is 0 Å². The van der Waals surface area contributed by atoms with Crippen molar-refractivity contribution in [1.29, 1.82) is 0 Å². The summed E-state index contributed by atoms with van der Waals surface area (Å²) in [5.74, 6) is -4.30. The van der Waals surface area contributed by atoms with Crippen LogP contribution in [-0.4, -0.2) is 8.42 Å². The summed E-state index contributed by atoms with van der Waals surface area (Å²) in [4.78, 5) is -0.700. The van der Waals surface area contributed by atoms with Gasteiger partial charge in [0.05, 0.1) is 10.5 Å². The van der Waals surface area contributed by atoms with Gasteiger partial charge in [0.1, 0.15) is 5.82 Å². The maximum Gasteiger partial charge on any atom is 0.419 e. The van der Waals surface area contributed by atoms with Crippen LogP contribution >= 0.6 is 0 Å². The van der Waals surface area contributed by atoms with Gasteiger partial charge in [-0.05, 0) is 36.4 Å². The van der Waals surface area contributed by atoms with E-state index in [1.54, 1.807) is 4.72 Å². The van der Waals surface area contributed by atoms with E-state index in [0.29, 0.717) is 18.2 Å². The Morgan fingerprint density at radius 2 is 1.43 bits per heavy atom. The zero-order chi connectivity index (χ0) is 17.4. The third kappa shape index (κ3) is 3.76. The molecule has 0 fully saturated rings. The lowest BCUT2D eigenvalue weighted by molar-refractivity contribution is -0.139. The van der Waals surface area contributed by atoms with E-state index in [4.69, 9.17) is 0 Å². The van der Waals surface area contributed by atoms with Gasteiger partial charge in [-0.2, -0.15) is 13.2 Å². The van der Waals surface area contributed by atoms with Crippen LogP contribution in [0, 0.1) is 17.5 Å². The number of benzene rings is 2. The van der Waals surface area contributed by atoms with Crippen molar-refractivity contribution in [3.8, 4) is 0 Å². The number of rotatable bonds is 3. The van der Waals surface area contributed by atoms with Crippen LogP contribution in [0.1, 0.15) is 5.56 Å². The SMILES string of the molecule is O=S(=O)(Nc1ccc(F)c(C(F)(F)F)c1)c1ccc(F)c(F)c1. The van der Waals surface area contributed by atoms with Gasteiger partial charge in [-0.15, -0.1) is 0 Å². The second kappa shape index (κ2) is 5.76. The van der Waals surface area contributed by atoms with Crippen molar-refractivity contribution in [1.82, 2.24) is 0 Å². The van der Waals surface area contributed by atoms with E-state index in [9.17, 15) is 34.8 Å². The van der Waals surface area contributed by atoms with Crippen molar-refractivity contribution in [2.45, 2.75) is 11.1 Å². The maximum atomic E-state index is 13.1. The minimum atomic E-state index is -5.02. The normalized spacial score (nSPS) is 12.3. The van der Waals surface area contributed by atoms with Gasteiger partial charge >= 0.3 is 6.18 Å². The minimum absolute atomic E-state index is 0.257. The molecule has 0 unspecified atom stereocenters. The molecule has 0 heterocycles. The zero-order valence-corrected chi connectivity index (χ0v) is 11.8. The lowest BCUT2D eigenvalue weighted by atomic mass is 10.2. The second-order valence-corrected chi connectivity index (χ2v) is 6.06. The summed E-state index contributed by atoms with van der Waals surface area (Å²) < 4.78 is 102. The highest BCUT2D eigenvalue weighted by molar-refractivity contribution is 7.92. The third-order valence-electron chi connectivity index (χ3n) is 2.73. The fraction of sp³-hybridized carbons (Fsp3) is 0.0769. The summed E-state index contributed by atoms with van der Waals surface area (Å²) in [5, 5.41) is 0. The molecule has 0 amide bonds. The molecule has 2 aromatic carbocycles. The Labute approximate surface area is 126 Å². The van der Waals surface area contributed by atoms with Crippen molar-refractivity contribution in [3.63, 3.8) is 0 Å². The van der Waals surface area contributed by atoms with E-state index < -0.39 is 49.8 Å². The van der Waals surface area contributed by atoms with E-state index in [1.807, 2.05) is 0 Å². The van der Waals surface area contributed by atoms with Gasteiger partial charge in [0, 0.05) is 5.69 Å². The predicted molar refractivity (Wildman–Crippen MR) is 68.6 cm³/mol. The first kappa shape index (κ1) is 17.1. The van der Waals surface area contributed by atoms with Crippen LogP contribution in [0.25, 0.3) is 0 Å². The zero-order valence-electron chi connectivity index (χ0n) is 11.0. The summed E-state index contributed by atoms with van der Waals surface area (Å²) in [5.41, 5.74) is -2.24. The van der Waals surface area contributed by atoms with Crippen LogP contribution in [0.5, 0.6) is 0 Å². The summed E-state index contributed by atoms with van der Waals surface area (Å²) in [6.07, 6.45) is -5.02. The standard InChI is InChI=1S/C13H7F6NO2S/c14-10-3-1-7(5-9(10)13(17,18)19)20-23(21,22)8-2-4-11(15)12(16)6-8/h1-6,20H. The molecule has 0 atom stereocenters. The van der Waals surface area contributed by atoms with Crippen LogP contribution in [0.2, 0.25) is 0 Å². The van der Waals surface area contributed by atoms with E-state index in [-0.39, 0.29) is 6.07 Å². The molecule has 23 heavy (non-hydrogen) atoms. The van der Waals surface area contributed by atoms with Crippen molar-refractivity contribution in [2.75, 3.05) is 4.72 Å². The number of alkyl halides is 3. The number of halogens is 6. The van der Waals surface area contributed by atoms with Gasteiger partial charge in [-0.25, -0.2) is 21.6 Å². The molecule has 0 aromatic heterocycles. The minimum Gasteiger partial charge on any atom is -0.280 e. The maximum absolute atomic E-state index is 13.1. The molecule has 0 aliphatic rings. The molecular formula is C13H7F6NO2S. The van der Waals surface area contributed by atoms with Gasteiger partial charge in [-0.3, -0.25) is 4.72 Å². The molecule has 124 valence electrons. The van der Waals surface area contributed by atoms with Crippen molar-refractivity contribution >= 4 is 15.7 Å². The van der Waals surface area contributed by atoms with Crippen LogP contribution < -0.4 is 4.72 Å². The Morgan fingerprint density at radius 3 is 2.00 bits per heavy atom. The summed E-state index contributed by atoms with van der Waals surface area (Å²) in [7, 11) is -4.47. The molecular weight excluding hydrogens is 348 g/mol. The Kier molecular flexibility index (Phi) is 4.29. The predicted octanol–water partition coefficient (Wildman–Crippen LogP) is 3.92. The highest BCUT2D eigenvalue weighted by Gasteiger charge is 2.34. The largest absolute Gasteiger partial charge is 0.419 e. The smallest absolute Gasteiger partial charge is 0.280 e. The molecule has 0 radical (unpaired) electrons. The number of nitrogens with one attached hydrogen (secondary N) is 1. The summed E-state index contributed by atoms with van der Waals surface area (Å²) >= 11 is 0. The van der Waals surface area contributed by atoms with Crippen molar-refractivity contribution < 1.29 is 34.8 Å². The average molecular weight is 355 g/mol. The number of sulfonamides is 1. The van der Waals surface area contributed by atoms with Gasteiger partial charge in [0.15, 0.2) is 11.6 Å². The molecule has 1 N–H and O–H groups in total. The van der Waals surface area contributed by atoms with Gasteiger partial charge in [0.25, 0.3) is 10.0 Å². The highest BCUT2D eigenvalue weighted by atomic mass is 32.2. The molecule has 0 bridgehead atoms. The fourth-order valence-corrected chi connectivity index (χ4v) is 2.73. The van der Waals surface area contributed by atoms with E-state index in [2.05, 4.69) is 0 Å². The first-order chi connectivity index (χ1) is 10.5. The first-order valence-electron chi connectivity index (χ1n) is 5.85. The Hall–Kier alpha value is -2.23. The average Bonchev–Trinajstić information content (AvgIpc) is 2.42. The molecule has 0 saturated heterocycles. The van der Waals surface area contributed by atoms with Crippen molar-refractivity contribution in [3.05, 3.63) is 59.4 Å². The molecule has 0 spiro atoms. The Balaban J connectivity index is 2.39. The highest BCUT2D eigenvalue weighted by Crippen LogP contribution is 2.33. The first-order valence-corrected chi connectivity index (χ1v) is 7.33. The lowest BCUT2D eigenvalue weighted by Gasteiger charge is -2.12. The van der Waals surface area contributed by atoms with E-state index in [0.717, 1.165) is 12.1 Å². The third-order valence-corrected chi connectivity index (χ3v) is 4.10. The number of hydrogen-bond acceptors (Lipinski definition) is 2. The Bertz CT molecular complexity index is 848. The molecule has 10 heteroatoms. The molecule has 0 aliphatic heterocycles. The lowest BCUT2D eigenvalue weighted by Crippen LogP contribution is -2.15. The number of anilines is 1. The van der Waals surface area contributed by atoms with Crippen LogP contribution in [0.15, 0.2) is 41.3 Å². The van der Waals surface area contributed by atoms with Gasteiger partial charge in [0.2, 0.25) is 0 Å². The van der Waals surface area contributed by atoms with E-state index >= 15 is 0 Å². The second-order valence-electron chi connectivity index (χ2n) is 4.37. The molecule has 2 rings (SSSR count). The van der Waals surface area contributed by atoms with Crippen LogP contribution in [0.4, 0.5) is 32.0 Å². The monoisotopic (exact) mass is 355 g/mol. The number of hydrogen-bond donors (Lipinski definition) is 1. The molecule has 0 aliphatic carbocycles. The quantitative estimate of drug-likeness (QED) is 0.849. The summed E-state index contributed by atoms with van der Waals surface area (Å²) in [6, 6.07) is 3.11. The Morgan fingerprint density at radius 1 is 0.826 bits per heavy atom. The van der Waals surface area contributed by atoms with Crippen LogP contribution in [-0.2, 0) is 16.2 Å². The fourth-order valence-electron chi connectivity index (χ4n) is 1.66. The van der Waals surface area contributed by atoms with E-state index in [1.165, 1.54) is 0 Å². The molecule has 0 saturated carbocycles. The summed E-state index contributed by atoms with van der Waals surface area (Å²) in [6.45, 7) is 0. The topological polar surface area (TPSA) is 46.2 Å². The molecule has 3 nitrogen and oxygen atoms in total. The van der Waals surface area contributed by atoms with Gasteiger partial charge < -0.3 is 0 Å². The van der Waals surface area contributed by atoms with Crippen molar-refractivity contribution in [2.24, 2.45) is 0 Å². The van der Waals surface area contributed by atoms with Crippen LogP contribution in [0.3, 0.4) is 0 Å². The molecule has 2 aromatic rings.